The lowest BCUT2D eigenvalue weighted by atomic mass is 9.86. The molecule has 1 aromatic heterocycles. The van der Waals surface area contributed by atoms with Gasteiger partial charge in [-0.3, -0.25) is 0 Å². The number of aromatic nitrogens is 2. The minimum absolute atomic E-state index is 0.0877. The molecule has 3 nitrogen and oxygen atoms in total. The zero-order valence-electron chi connectivity index (χ0n) is 19.6. The van der Waals surface area contributed by atoms with Gasteiger partial charge in [0.2, 0.25) is 0 Å². The first-order chi connectivity index (χ1) is 16.6. The minimum atomic E-state index is -0.432. The Labute approximate surface area is 207 Å². The Morgan fingerprint density at radius 1 is 0.882 bits per heavy atom. The van der Waals surface area contributed by atoms with Crippen LogP contribution in [0.2, 0.25) is 5.02 Å². The van der Waals surface area contributed by atoms with E-state index in [9.17, 15) is 4.39 Å². The normalized spacial score (nSPS) is 22.6. The summed E-state index contributed by atoms with van der Waals surface area (Å²) in [6.45, 7) is 0. The van der Waals surface area contributed by atoms with E-state index < -0.39 is 5.82 Å². The van der Waals surface area contributed by atoms with Crippen LogP contribution in [0.3, 0.4) is 0 Å². The molecule has 178 valence electrons. The third-order valence-electron chi connectivity index (χ3n) is 7.56. The van der Waals surface area contributed by atoms with Crippen LogP contribution < -0.4 is 5.32 Å². The monoisotopic (exact) mass is 477 g/mol. The average Bonchev–Trinajstić information content (AvgIpc) is 3.61. The van der Waals surface area contributed by atoms with Gasteiger partial charge in [0.15, 0.2) is 0 Å². The van der Waals surface area contributed by atoms with Gasteiger partial charge in [-0.15, -0.1) is 0 Å². The largest absolute Gasteiger partial charge is 0.340 e. The Morgan fingerprint density at radius 3 is 2.47 bits per heavy atom. The number of hydrogen-bond donors (Lipinski definition) is 1. The van der Waals surface area contributed by atoms with Crippen LogP contribution in [0, 0.1) is 17.7 Å². The molecule has 5 rings (SSSR count). The molecule has 5 heteroatoms. The van der Waals surface area contributed by atoms with E-state index in [1.54, 1.807) is 24.4 Å². The zero-order valence-corrected chi connectivity index (χ0v) is 20.4. The van der Waals surface area contributed by atoms with Gasteiger partial charge in [-0.25, -0.2) is 14.4 Å². The van der Waals surface area contributed by atoms with E-state index >= 15 is 0 Å². The summed E-state index contributed by atoms with van der Waals surface area (Å²) < 4.78 is 13.4. The summed E-state index contributed by atoms with van der Waals surface area (Å²) in [6.07, 6.45) is 14.7. The van der Waals surface area contributed by atoms with Crippen molar-refractivity contribution in [2.24, 2.45) is 11.8 Å². The van der Waals surface area contributed by atoms with Gasteiger partial charge >= 0.3 is 0 Å². The highest BCUT2D eigenvalue weighted by atomic mass is 35.5. The topological polar surface area (TPSA) is 37.8 Å². The van der Waals surface area contributed by atoms with Gasteiger partial charge in [-0.2, -0.15) is 0 Å². The van der Waals surface area contributed by atoms with E-state index in [0.29, 0.717) is 11.5 Å². The molecule has 0 bridgehead atoms. The molecular formula is C29H33ClFN3. The van der Waals surface area contributed by atoms with Crippen molar-refractivity contribution in [2.75, 3.05) is 5.32 Å². The Kier molecular flexibility index (Phi) is 7.44. The summed E-state index contributed by atoms with van der Waals surface area (Å²) in [6, 6.07) is 15.6. The molecule has 0 radical (unpaired) electrons. The minimum Gasteiger partial charge on any atom is -0.340 e. The number of benzene rings is 2. The highest BCUT2D eigenvalue weighted by Gasteiger charge is 2.35. The maximum absolute atomic E-state index is 13.4. The van der Waals surface area contributed by atoms with Crippen LogP contribution in [0.5, 0.6) is 0 Å². The Morgan fingerprint density at radius 2 is 1.65 bits per heavy atom. The van der Waals surface area contributed by atoms with E-state index in [0.717, 1.165) is 36.4 Å². The number of nitrogens with zero attached hydrogens (tertiary/aromatic N) is 2. The van der Waals surface area contributed by atoms with Crippen molar-refractivity contribution in [1.29, 1.82) is 0 Å². The molecule has 3 aromatic rings. The SMILES string of the molecule is Fc1ccc(Nc2ccnc(CCc3ccc(C4CCCCC5CC5CCC4)cc3)n2)cc1Cl. The fourth-order valence-corrected chi connectivity index (χ4v) is 5.62. The van der Waals surface area contributed by atoms with Crippen LogP contribution in [-0.4, -0.2) is 9.97 Å². The second-order valence-corrected chi connectivity index (χ2v) is 10.4. The third kappa shape index (κ3) is 6.15. The van der Waals surface area contributed by atoms with Gasteiger partial charge < -0.3 is 5.32 Å². The maximum Gasteiger partial charge on any atom is 0.141 e. The molecule has 3 unspecified atom stereocenters. The van der Waals surface area contributed by atoms with Crippen LogP contribution in [0.1, 0.15) is 74.2 Å². The predicted octanol–water partition coefficient (Wildman–Crippen LogP) is 8.26. The fourth-order valence-electron chi connectivity index (χ4n) is 5.44. The second-order valence-electron chi connectivity index (χ2n) is 10.0. The highest BCUT2D eigenvalue weighted by Crippen LogP contribution is 2.47. The van der Waals surface area contributed by atoms with Gasteiger partial charge in [0.25, 0.3) is 0 Å². The van der Waals surface area contributed by atoms with Crippen LogP contribution in [0.25, 0.3) is 0 Å². The Hall–Kier alpha value is -2.46. The van der Waals surface area contributed by atoms with Crippen molar-refractivity contribution >= 4 is 23.1 Å². The lowest BCUT2D eigenvalue weighted by molar-refractivity contribution is 0.452. The molecule has 1 heterocycles. The fraction of sp³-hybridized carbons (Fsp3) is 0.448. The summed E-state index contributed by atoms with van der Waals surface area (Å²) in [4.78, 5) is 9.04. The molecule has 2 aromatic carbocycles. The average molecular weight is 478 g/mol. The molecule has 1 N–H and O–H groups in total. The van der Waals surface area contributed by atoms with Gasteiger partial charge in [0, 0.05) is 18.3 Å². The Bertz CT molecular complexity index is 1100. The second kappa shape index (κ2) is 10.9. The standard InChI is InChI=1S/C29H33ClFN3/c30-26-19-25(13-14-27(26)31)33-29-16-17-32-28(34-29)15-10-20-8-11-22(12-9-20)21-4-1-2-5-23-18-24(23)7-3-6-21/h8-9,11-14,16-17,19,21,23-24H,1-7,10,15,18H2,(H,32,33,34). The smallest absolute Gasteiger partial charge is 0.141 e. The number of anilines is 2. The summed E-state index contributed by atoms with van der Waals surface area (Å²) in [7, 11) is 0. The predicted molar refractivity (Wildman–Crippen MR) is 137 cm³/mol. The summed E-state index contributed by atoms with van der Waals surface area (Å²) >= 11 is 5.88. The quantitative estimate of drug-likeness (QED) is 0.388. The molecule has 0 spiro atoms. The van der Waals surface area contributed by atoms with Crippen molar-refractivity contribution < 1.29 is 4.39 Å². The number of fused-ring (bicyclic) bond motifs is 1. The van der Waals surface area contributed by atoms with Crippen LogP contribution in [-0.2, 0) is 12.8 Å². The van der Waals surface area contributed by atoms with E-state index in [-0.39, 0.29) is 5.02 Å². The first kappa shape index (κ1) is 23.3. The third-order valence-corrected chi connectivity index (χ3v) is 7.85. The summed E-state index contributed by atoms with van der Waals surface area (Å²) in [5.74, 6) is 3.86. The van der Waals surface area contributed by atoms with E-state index in [1.807, 2.05) is 0 Å². The molecule has 34 heavy (non-hydrogen) atoms. The number of nitrogens with one attached hydrogen (secondary N) is 1. The zero-order chi connectivity index (χ0) is 23.3. The van der Waals surface area contributed by atoms with Gasteiger partial charge in [0.05, 0.1) is 5.02 Å². The van der Waals surface area contributed by atoms with Crippen LogP contribution >= 0.6 is 11.6 Å². The molecule has 2 aliphatic carbocycles. The summed E-state index contributed by atoms with van der Waals surface area (Å²) in [5.41, 5.74) is 3.53. The van der Waals surface area contributed by atoms with Crippen molar-refractivity contribution in [3.63, 3.8) is 0 Å². The molecule has 2 saturated carbocycles. The van der Waals surface area contributed by atoms with Crippen molar-refractivity contribution in [1.82, 2.24) is 9.97 Å². The van der Waals surface area contributed by atoms with Gasteiger partial charge in [-0.05, 0) is 78.8 Å². The van der Waals surface area contributed by atoms with Gasteiger partial charge in [0.1, 0.15) is 17.5 Å². The lowest BCUT2D eigenvalue weighted by Gasteiger charge is -2.19. The first-order valence-corrected chi connectivity index (χ1v) is 13.1. The van der Waals surface area contributed by atoms with E-state index in [4.69, 9.17) is 11.6 Å². The molecule has 3 atom stereocenters. The number of hydrogen-bond acceptors (Lipinski definition) is 3. The van der Waals surface area contributed by atoms with Crippen LogP contribution in [0.15, 0.2) is 54.7 Å². The molecule has 0 saturated heterocycles. The van der Waals surface area contributed by atoms with E-state index in [1.165, 1.54) is 68.6 Å². The lowest BCUT2D eigenvalue weighted by Crippen LogP contribution is -2.03. The maximum atomic E-state index is 13.4. The molecule has 0 amide bonds. The van der Waals surface area contributed by atoms with Gasteiger partial charge in [-0.1, -0.05) is 68.0 Å². The van der Waals surface area contributed by atoms with Crippen molar-refractivity contribution in [3.05, 3.63) is 82.5 Å². The first-order valence-electron chi connectivity index (χ1n) is 12.8. The molecular weight excluding hydrogens is 445 g/mol. The van der Waals surface area contributed by atoms with Crippen molar-refractivity contribution in [2.45, 2.75) is 70.1 Å². The van der Waals surface area contributed by atoms with Crippen molar-refractivity contribution in [3.8, 4) is 0 Å². The summed E-state index contributed by atoms with van der Waals surface area (Å²) in [5, 5.41) is 3.26. The number of aryl methyl sites for hydroxylation is 2. The molecule has 0 aliphatic heterocycles. The number of rotatable bonds is 6. The van der Waals surface area contributed by atoms with E-state index in [2.05, 4.69) is 39.6 Å². The molecule has 2 fully saturated rings. The van der Waals surface area contributed by atoms with Crippen LogP contribution in [0.4, 0.5) is 15.9 Å². The Balaban J connectivity index is 1.16. The number of halogens is 2. The highest BCUT2D eigenvalue weighted by molar-refractivity contribution is 6.31. The molecule has 2 aliphatic rings.